The first kappa shape index (κ1) is 19.0. The van der Waals surface area contributed by atoms with E-state index in [9.17, 15) is 9.59 Å². The Labute approximate surface area is 172 Å². The summed E-state index contributed by atoms with van der Waals surface area (Å²) in [5.74, 6) is -0.0409. The van der Waals surface area contributed by atoms with Crippen molar-refractivity contribution < 1.29 is 9.59 Å². The summed E-state index contributed by atoms with van der Waals surface area (Å²) < 4.78 is 1.83. The Bertz CT molecular complexity index is 1020. The number of likely N-dealkylation sites (tertiary alicyclic amines) is 1. The van der Waals surface area contributed by atoms with E-state index < -0.39 is 0 Å². The number of hydrogen-bond donors (Lipinski definition) is 1. The van der Waals surface area contributed by atoms with Gasteiger partial charge < -0.3 is 10.2 Å². The van der Waals surface area contributed by atoms with Crippen molar-refractivity contribution >= 4 is 45.0 Å². The zero-order valence-corrected chi connectivity index (χ0v) is 17.1. The summed E-state index contributed by atoms with van der Waals surface area (Å²) in [5, 5.41) is 9.07. The van der Waals surface area contributed by atoms with Gasteiger partial charge in [0, 0.05) is 36.5 Å². The third kappa shape index (κ3) is 3.77. The second kappa shape index (κ2) is 7.93. The number of amides is 2. The average Bonchev–Trinajstić information content (AvgIpc) is 3.41. The molecule has 0 radical (unpaired) electrons. The van der Waals surface area contributed by atoms with Gasteiger partial charge in [-0.1, -0.05) is 11.6 Å². The fourth-order valence-corrected chi connectivity index (χ4v) is 4.64. The third-order valence-electron chi connectivity index (χ3n) is 4.92. The van der Waals surface area contributed by atoms with Crippen LogP contribution in [-0.2, 0) is 4.79 Å². The van der Waals surface area contributed by atoms with Gasteiger partial charge in [-0.2, -0.15) is 5.10 Å². The Morgan fingerprint density at radius 1 is 1.21 bits per heavy atom. The molecular formula is C20H21ClN4O2S. The lowest BCUT2D eigenvalue weighted by Crippen LogP contribution is -2.32. The molecule has 0 spiro atoms. The minimum atomic E-state index is -0.155. The Hall–Kier alpha value is -2.38. The van der Waals surface area contributed by atoms with Crippen LogP contribution in [0.5, 0.6) is 0 Å². The Kier molecular flexibility index (Phi) is 5.37. The maximum atomic E-state index is 12.5. The number of aryl methyl sites for hydroxylation is 1. The summed E-state index contributed by atoms with van der Waals surface area (Å²) >= 11 is 7.37. The van der Waals surface area contributed by atoms with E-state index in [1.165, 1.54) is 11.3 Å². The van der Waals surface area contributed by atoms with Gasteiger partial charge in [0.05, 0.1) is 16.3 Å². The SMILES string of the molecule is Cc1nn(-c2ccc(Cl)cc2)c2sc(C(=O)NCCC(=O)N3CCCC3)cc12. The number of carbonyl (C=O) groups excluding carboxylic acids is 2. The molecule has 6 nitrogen and oxygen atoms in total. The number of halogens is 1. The number of hydrogen-bond acceptors (Lipinski definition) is 4. The molecule has 0 saturated carbocycles. The van der Waals surface area contributed by atoms with E-state index in [2.05, 4.69) is 10.4 Å². The molecule has 1 N–H and O–H groups in total. The van der Waals surface area contributed by atoms with Crippen molar-refractivity contribution in [2.24, 2.45) is 0 Å². The Morgan fingerprint density at radius 2 is 1.93 bits per heavy atom. The van der Waals surface area contributed by atoms with Gasteiger partial charge >= 0.3 is 0 Å². The van der Waals surface area contributed by atoms with E-state index >= 15 is 0 Å². The van der Waals surface area contributed by atoms with Gasteiger partial charge in [-0.3, -0.25) is 9.59 Å². The molecule has 2 aromatic heterocycles. The summed E-state index contributed by atoms with van der Waals surface area (Å²) in [6.45, 7) is 3.95. The topological polar surface area (TPSA) is 67.2 Å². The summed E-state index contributed by atoms with van der Waals surface area (Å²) in [6, 6.07) is 9.30. The maximum Gasteiger partial charge on any atom is 0.261 e. The van der Waals surface area contributed by atoms with E-state index in [-0.39, 0.29) is 11.8 Å². The summed E-state index contributed by atoms with van der Waals surface area (Å²) in [6.07, 6.45) is 2.49. The van der Waals surface area contributed by atoms with Crippen molar-refractivity contribution in [2.45, 2.75) is 26.2 Å². The molecule has 1 saturated heterocycles. The van der Waals surface area contributed by atoms with Gasteiger partial charge in [0.15, 0.2) is 0 Å². The summed E-state index contributed by atoms with van der Waals surface area (Å²) in [5.41, 5.74) is 1.76. The molecule has 2 amide bonds. The van der Waals surface area contributed by atoms with Crippen LogP contribution in [0.4, 0.5) is 0 Å². The summed E-state index contributed by atoms with van der Waals surface area (Å²) in [4.78, 5) is 28.0. The summed E-state index contributed by atoms with van der Waals surface area (Å²) in [7, 11) is 0. The first-order chi connectivity index (χ1) is 13.5. The van der Waals surface area contributed by atoms with Crippen LogP contribution in [0, 0.1) is 6.92 Å². The van der Waals surface area contributed by atoms with Crippen LogP contribution in [0.3, 0.4) is 0 Å². The molecule has 4 rings (SSSR count). The molecule has 1 aliphatic rings. The molecule has 28 heavy (non-hydrogen) atoms. The molecule has 1 aromatic carbocycles. The monoisotopic (exact) mass is 416 g/mol. The first-order valence-electron chi connectivity index (χ1n) is 9.34. The van der Waals surface area contributed by atoms with E-state index in [1.54, 1.807) is 0 Å². The molecule has 3 heterocycles. The van der Waals surface area contributed by atoms with Crippen molar-refractivity contribution in [1.82, 2.24) is 20.0 Å². The highest BCUT2D eigenvalue weighted by atomic mass is 35.5. The number of benzene rings is 1. The molecule has 0 bridgehead atoms. The second-order valence-electron chi connectivity index (χ2n) is 6.90. The van der Waals surface area contributed by atoms with Gasteiger partial charge in [0.2, 0.25) is 5.91 Å². The minimum Gasteiger partial charge on any atom is -0.351 e. The van der Waals surface area contributed by atoms with Crippen molar-refractivity contribution in [2.75, 3.05) is 19.6 Å². The zero-order chi connectivity index (χ0) is 19.7. The fourth-order valence-electron chi connectivity index (χ4n) is 3.41. The normalized spacial score (nSPS) is 14.0. The maximum absolute atomic E-state index is 12.5. The molecule has 0 atom stereocenters. The molecule has 3 aromatic rings. The smallest absolute Gasteiger partial charge is 0.261 e. The van der Waals surface area contributed by atoms with Gasteiger partial charge in [0.1, 0.15) is 4.83 Å². The number of fused-ring (bicyclic) bond motifs is 1. The van der Waals surface area contributed by atoms with Gasteiger partial charge in [-0.25, -0.2) is 4.68 Å². The van der Waals surface area contributed by atoms with Crippen molar-refractivity contribution in [1.29, 1.82) is 0 Å². The lowest BCUT2D eigenvalue weighted by molar-refractivity contribution is -0.129. The van der Waals surface area contributed by atoms with E-state index in [1.807, 2.05) is 46.8 Å². The molecule has 8 heteroatoms. The predicted octanol–water partition coefficient (Wildman–Crippen LogP) is 3.79. The highest BCUT2D eigenvalue weighted by molar-refractivity contribution is 7.20. The van der Waals surface area contributed by atoms with Crippen LogP contribution in [0.15, 0.2) is 30.3 Å². The minimum absolute atomic E-state index is 0.114. The number of aromatic nitrogens is 2. The average molecular weight is 417 g/mol. The van der Waals surface area contributed by atoms with Crippen LogP contribution in [0.2, 0.25) is 5.02 Å². The largest absolute Gasteiger partial charge is 0.351 e. The quantitative estimate of drug-likeness (QED) is 0.688. The van der Waals surface area contributed by atoms with Crippen LogP contribution in [-0.4, -0.2) is 46.1 Å². The lowest BCUT2D eigenvalue weighted by Gasteiger charge is -2.14. The van der Waals surface area contributed by atoms with Crippen LogP contribution in [0.1, 0.15) is 34.6 Å². The highest BCUT2D eigenvalue weighted by Crippen LogP contribution is 2.30. The van der Waals surface area contributed by atoms with E-state index in [0.29, 0.717) is 22.9 Å². The van der Waals surface area contributed by atoms with Gasteiger partial charge in [0.25, 0.3) is 5.91 Å². The lowest BCUT2D eigenvalue weighted by atomic mass is 10.3. The number of rotatable bonds is 5. The Morgan fingerprint density at radius 3 is 2.64 bits per heavy atom. The highest BCUT2D eigenvalue weighted by Gasteiger charge is 2.19. The van der Waals surface area contributed by atoms with E-state index in [0.717, 1.165) is 47.5 Å². The van der Waals surface area contributed by atoms with Crippen molar-refractivity contribution in [3.63, 3.8) is 0 Å². The predicted molar refractivity (Wildman–Crippen MR) is 111 cm³/mol. The molecule has 1 aliphatic heterocycles. The Balaban J connectivity index is 1.46. The molecule has 1 fully saturated rings. The number of nitrogens with zero attached hydrogens (tertiary/aromatic N) is 3. The molecular weight excluding hydrogens is 396 g/mol. The second-order valence-corrected chi connectivity index (χ2v) is 8.36. The van der Waals surface area contributed by atoms with Gasteiger partial charge in [-0.05, 0) is 50.1 Å². The number of thiophene rings is 1. The van der Waals surface area contributed by atoms with Crippen LogP contribution >= 0.6 is 22.9 Å². The molecule has 146 valence electrons. The first-order valence-corrected chi connectivity index (χ1v) is 10.5. The molecule has 0 unspecified atom stereocenters. The van der Waals surface area contributed by atoms with Crippen LogP contribution in [0.25, 0.3) is 15.9 Å². The number of nitrogens with one attached hydrogen (secondary N) is 1. The fraction of sp³-hybridized carbons (Fsp3) is 0.350. The van der Waals surface area contributed by atoms with Gasteiger partial charge in [-0.15, -0.1) is 11.3 Å². The zero-order valence-electron chi connectivity index (χ0n) is 15.6. The van der Waals surface area contributed by atoms with Crippen molar-refractivity contribution in [3.8, 4) is 5.69 Å². The van der Waals surface area contributed by atoms with Crippen molar-refractivity contribution in [3.05, 3.63) is 45.9 Å². The standard InChI is InChI=1S/C20H21ClN4O2S/c1-13-16-12-17(19(27)22-9-8-18(26)24-10-2-3-11-24)28-20(16)25(23-13)15-6-4-14(21)5-7-15/h4-7,12H,2-3,8-11H2,1H3,(H,22,27). The third-order valence-corrected chi connectivity index (χ3v) is 6.28. The number of carbonyl (C=O) groups is 2. The van der Waals surface area contributed by atoms with E-state index in [4.69, 9.17) is 11.6 Å². The molecule has 0 aliphatic carbocycles. The van der Waals surface area contributed by atoms with Crippen LogP contribution < -0.4 is 5.32 Å².